The molecule has 10 rings (SSSR count). The number of hydrogen-bond donors (Lipinski definition) is 11. The van der Waals surface area contributed by atoms with Gasteiger partial charge in [0, 0.05) is 107 Å². The van der Waals surface area contributed by atoms with Crippen LogP contribution in [0.3, 0.4) is 0 Å². The van der Waals surface area contributed by atoms with Crippen molar-refractivity contribution in [3.05, 3.63) is 66.0 Å². The third-order valence-electron chi connectivity index (χ3n) is 28.1. The van der Waals surface area contributed by atoms with Crippen molar-refractivity contribution in [2.75, 3.05) is 34.7 Å². The summed E-state index contributed by atoms with van der Waals surface area (Å²) < 4.78 is 0. The largest absolute Gasteiger partial charge is 0.353 e. The number of urea groups is 4. The van der Waals surface area contributed by atoms with Gasteiger partial charge in [0.05, 0.1) is 5.56 Å². The second-order valence-electron chi connectivity index (χ2n) is 52.9. The topological polar surface area (TPSA) is 282 Å². The summed E-state index contributed by atoms with van der Waals surface area (Å²) in [5, 5.41) is 29.6. The molecule has 135 heavy (non-hydrogen) atoms. The number of pyridine rings is 1. The maximum atomic E-state index is 12.1. The van der Waals surface area contributed by atoms with Gasteiger partial charge in [-0.05, 0) is 379 Å². The van der Waals surface area contributed by atoms with Gasteiger partial charge in [-0.15, -0.1) is 0 Å². The average Bonchev–Trinajstić information content (AvgIpc) is 0.507. The predicted octanol–water partition coefficient (Wildman–Crippen LogP) is 27.3. The Bertz CT molecular complexity index is 3340. The lowest BCUT2D eigenvalue weighted by atomic mass is 9.76. The molecule has 0 saturated heterocycles. The molecule has 0 bridgehead atoms. The molecular formula is C115H213N13O7. The molecule has 8 saturated carbocycles. The van der Waals surface area contributed by atoms with Crippen LogP contribution < -0.4 is 58.9 Å². The Morgan fingerprint density at radius 1 is 0.319 bits per heavy atom. The summed E-state index contributed by atoms with van der Waals surface area (Å²) in [6.07, 6.45) is 52.5. The number of nitrogens with two attached hydrogens (primary N) is 1. The normalized spacial score (nSPS) is 25.7. The fourth-order valence-electron chi connectivity index (χ4n) is 22.1. The standard InChI is InChI=1S/C18H27NO.C17H26N2O.C15H29NO.2C14H28N2O.2C13H26N2O.C11H23N/c1-18(2,3)13-14-9-11-16(12-10-14)19-17(20)15-7-5-4-6-8-15;1-17(2,3)11-13-6-8-15(9-7-13)19-16(20)14-5-4-10-18-12-14;1-11(2)14(17)16-13-8-6-12(7-9-13)10-15(3,4)5;1-14(2,3)10-11-6-8-12(9-7-11)15-13(17)16(4)5;1-5-15-13(17)16-12-8-6-11(7-9-12)10-14(2,3)4;2*1-13(2,3)9-10-5-7-11(8-6-10)15-12(16)14-4;1-11(2,3)8-9-4-6-10(12)7-5-9/h4-8,14,16H,9-13H2,1-3H3,(H,19,20);4-5,10,12-13,15H,6-9,11H2,1-3H3,(H,19,20);11-13H,6-10H2,1-5H3,(H,16,17);11-12H,6-10H2,1-5H3,(H,15,17);11-12H,5-10H2,1-4H3,(H2,15,16,17);2*10-11H,5-9H2,1-4H3,(H2,14,15,16);9-10H,4-8,12H2,1-3H3. The van der Waals surface area contributed by atoms with Gasteiger partial charge in [-0.3, -0.25) is 19.4 Å². The maximum absolute atomic E-state index is 12.1. The zero-order valence-electron chi connectivity index (χ0n) is 92.8. The van der Waals surface area contributed by atoms with E-state index in [1.165, 1.54) is 180 Å². The Kier molecular flexibility index (Phi) is 55.4. The number of rotatable bonds is 19. The van der Waals surface area contributed by atoms with Crippen molar-refractivity contribution in [1.29, 1.82) is 0 Å². The number of nitrogens with zero attached hydrogens (tertiary/aromatic N) is 2. The molecule has 0 radical (unpaired) electrons. The number of amides is 11. The van der Waals surface area contributed by atoms with E-state index in [2.05, 4.69) is 224 Å². The highest BCUT2D eigenvalue weighted by atomic mass is 16.2. The monoisotopic (exact) mass is 1890 g/mol. The molecule has 8 aliphatic carbocycles. The third-order valence-corrected chi connectivity index (χ3v) is 28.1. The SMILES string of the molecule is CC(C)(C)CC1CCC(N)CC1.CC(C)(C)CC1CCC(NC(=O)c2ccccc2)CC1.CC(C)(C)CC1CCC(NC(=O)c2cccnc2)CC1.CC(C)C(=O)NC1CCC(CC(C)(C)C)CC1.CCNC(=O)NC1CCC(CC(C)(C)C)CC1.CN(C)C(=O)NC1CCC(CC(C)(C)C)CC1.CNC(=O)NC1CCC(CC(C)(C)C)CC1.CNC(=O)NC1CCC(CC(C)(C)C)CC1. The quantitative estimate of drug-likeness (QED) is 0.0637. The Morgan fingerprint density at radius 3 is 0.778 bits per heavy atom. The number of carbonyl (C=O) groups excluding carboxylic acids is 7. The lowest BCUT2D eigenvalue weighted by Gasteiger charge is -2.33. The molecule has 780 valence electrons. The summed E-state index contributed by atoms with van der Waals surface area (Å²) in [5.41, 5.74) is 10.8. The van der Waals surface area contributed by atoms with E-state index in [9.17, 15) is 33.6 Å². The van der Waals surface area contributed by atoms with Crippen molar-refractivity contribution < 1.29 is 33.6 Å². The first kappa shape index (κ1) is 123. The molecule has 20 heteroatoms. The molecular weight excluding hydrogens is 1680 g/mol. The zero-order chi connectivity index (χ0) is 102. The van der Waals surface area contributed by atoms with E-state index >= 15 is 0 Å². The van der Waals surface area contributed by atoms with Crippen molar-refractivity contribution in [3.8, 4) is 0 Å². The van der Waals surface area contributed by atoms with Gasteiger partial charge in [-0.2, -0.15) is 0 Å². The summed E-state index contributed by atoms with van der Waals surface area (Å²) >= 11 is 0. The third kappa shape index (κ3) is 61.9. The summed E-state index contributed by atoms with van der Waals surface area (Å²) in [4.78, 5) is 86.7. The van der Waals surface area contributed by atoms with E-state index in [0.29, 0.717) is 104 Å². The molecule has 11 amide bonds. The number of aromatic nitrogens is 1. The first-order chi connectivity index (χ1) is 62.6. The van der Waals surface area contributed by atoms with Crippen molar-refractivity contribution in [2.24, 2.45) is 102 Å². The molecule has 2 aromatic rings. The maximum Gasteiger partial charge on any atom is 0.317 e. The van der Waals surface area contributed by atoms with E-state index in [4.69, 9.17) is 5.73 Å². The zero-order valence-corrected chi connectivity index (χ0v) is 92.8. The molecule has 20 nitrogen and oxygen atoms in total. The number of benzene rings is 1. The summed E-state index contributed by atoms with van der Waals surface area (Å²) in [5.74, 6) is 7.28. The Morgan fingerprint density at radius 2 is 0.548 bits per heavy atom. The van der Waals surface area contributed by atoms with E-state index in [1.54, 1.807) is 51.6 Å². The molecule has 12 N–H and O–H groups in total. The second kappa shape index (κ2) is 60.8. The minimum Gasteiger partial charge on any atom is -0.353 e. The first-order valence-electron chi connectivity index (χ1n) is 54.2. The van der Waals surface area contributed by atoms with Crippen molar-refractivity contribution >= 4 is 41.8 Å². The van der Waals surface area contributed by atoms with Crippen LogP contribution >= 0.6 is 0 Å². The van der Waals surface area contributed by atoms with Crippen LogP contribution in [0.4, 0.5) is 19.2 Å². The van der Waals surface area contributed by atoms with E-state index in [1.807, 2.05) is 57.2 Å². The summed E-state index contributed by atoms with van der Waals surface area (Å²) in [6, 6.07) is 16.3. The highest BCUT2D eigenvalue weighted by molar-refractivity contribution is 5.94. The van der Waals surface area contributed by atoms with Crippen LogP contribution in [0.2, 0.25) is 0 Å². The molecule has 1 heterocycles. The van der Waals surface area contributed by atoms with Crippen molar-refractivity contribution in [3.63, 3.8) is 0 Å². The molecule has 0 spiro atoms. The van der Waals surface area contributed by atoms with Gasteiger partial charge in [0.25, 0.3) is 11.8 Å². The smallest absolute Gasteiger partial charge is 0.317 e. The van der Waals surface area contributed by atoms with Gasteiger partial charge in [0.2, 0.25) is 5.91 Å². The Labute approximate surface area is 828 Å². The van der Waals surface area contributed by atoms with Crippen LogP contribution in [0.1, 0.15) is 464 Å². The molecule has 1 aromatic carbocycles. The molecule has 0 unspecified atom stereocenters. The van der Waals surface area contributed by atoms with E-state index < -0.39 is 0 Å². The number of carbonyl (C=O) groups is 7. The van der Waals surface area contributed by atoms with Gasteiger partial charge >= 0.3 is 24.1 Å². The fourth-order valence-corrected chi connectivity index (χ4v) is 22.1. The minimum atomic E-state index is -0.0423. The first-order valence-corrected chi connectivity index (χ1v) is 54.2. The van der Waals surface area contributed by atoms with Crippen LogP contribution in [-0.2, 0) is 4.79 Å². The van der Waals surface area contributed by atoms with Crippen LogP contribution in [0.5, 0.6) is 0 Å². The minimum absolute atomic E-state index is 0.00762. The van der Waals surface area contributed by atoms with Crippen LogP contribution in [0, 0.1) is 96.6 Å². The highest BCUT2D eigenvalue weighted by Crippen LogP contribution is 2.42. The number of nitrogens with one attached hydrogen (secondary N) is 10. The predicted molar refractivity (Wildman–Crippen MR) is 571 cm³/mol. The Balaban J connectivity index is 0.000000399. The highest BCUT2D eigenvalue weighted by Gasteiger charge is 2.35. The van der Waals surface area contributed by atoms with Gasteiger partial charge < -0.3 is 63.8 Å². The van der Waals surface area contributed by atoms with Crippen LogP contribution in [0.25, 0.3) is 0 Å². The van der Waals surface area contributed by atoms with Gasteiger partial charge in [0.15, 0.2) is 0 Å². The van der Waals surface area contributed by atoms with Crippen molar-refractivity contribution in [1.82, 2.24) is 63.1 Å². The fraction of sp³-hybridized carbons (Fsp3) is 0.843. The second-order valence-corrected chi connectivity index (χ2v) is 52.9. The lowest BCUT2D eigenvalue weighted by Crippen LogP contribution is -2.43. The average molecular weight is 1890 g/mol. The molecule has 0 atom stereocenters. The van der Waals surface area contributed by atoms with Crippen LogP contribution in [0.15, 0.2) is 54.9 Å². The summed E-state index contributed by atoms with van der Waals surface area (Å²) in [6.45, 7) is 62.1. The summed E-state index contributed by atoms with van der Waals surface area (Å²) in [7, 11) is 6.92. The van der Waals surface area contributed by atoms with Gasteiger partial charge in [0.1, 0.15) is 0 Å². The van der Waals surface area contributed by atoms with E-state index in [-0.39, 0.29) is 47.8 Å². The molecule has 8 aliphatic rings. The molecule has 0 aliphatic heterocycles. The van der Waals surface area contributed by atoms with Crippen LogP contribution in [-0.4, -0.2) is 135 Å². The Hall–Kier alpha value is -6.18. The van der Waals surface area contributed by atoms with Crippen molar-refractivity contribution in [2.45, 2.75) is 492 Å². The lowest BCUT2D eigenvalue weighted by molar-refractivity contribution is -0.125. The van der Waals surface area contributed by atoms with E-state index in [0.717, 1.165) is 130 Å². The number of hydrogen-bond acceptors (Lipinski definition) is 9. The van der Waals surface area contributed by atoms with Gasteiger partial charge in [-0.1, -0.05) is 198 Å². The molecule has 8 fully saturated rings. The molecule has 1 aromatic heterocycles. The van der Waals surface area contributed by atoms with Gasteiger partial charge in [-0.25, -0.2) is 19.2 Å².